The highest BCUT2D eigenvalue weighted by Crippen LogP contribution is 2.30. The van der Waals surface area contributed by atoms with Crippen molar-refractivity contribution in [2.24, 2.45) is 5.92 Å². The summed E-state index contributed by atoms with van der Waals surface area (Å²) in [6.07, 6.45) is 9.67. The van der Waals surface area contributed by atoms with E-state index in [1.165, 1.54) is 0 Å². The molecule has 2 heterocycles. The third-order valence-electron chi connectivity index (χ3n) is 4.48. The van der Waals surface area contributed by atoms with Gasteiger partial charge in [-0.1, -0.05) is 12.8 Å². The zero-order valence-corrected chi connectivity index (χ0v) is 12.8. The van der Waals surface area contributed by atoms with Crippen LogP contribution in [-0.2, 0) is 4.79 Å². The van der Waals surface area contributed by atoms with Gasteiger partial charge in [-0.2, -0.15) is 5.10 Å². The molecular formula is C18H18N4O. The van der Waals surface area contributed by atoms with Gasteiger partial charge >= 0.3 is 0 Å². The molecule has 5 nitrogen and oxygen atoms in total. The number of carbonyl (C=O) groups is 1. The predicted molar refractivity (Wildman–Crippen MR) is 89.5 cm³/mol. The molecule has 0 saturated heterocycles. The van der Waals surface area contributed by atoms with Gasteiger partial charge in [0.15, 0.2) is 0 Å². The van der Waals surface area contributed by atoms with E-state index < -0.39 is 0 Å². The lowest BCUT2D eigenvalue weighted by atomic mass is 10.1. The summed E-state index contributed by atoms with van der Waals surface area (Å²) in [4.78, 5) is 16.9. The van der Waals surface area contributed by atoms with Crippen LogP contribution in [0.3, 0.4) is 0 Å². The van der Waals surface area contributed by atoms with Gasteiger partial charge in [-0.15, -0.1) is 0 Å². The maximum absolute atomic E-state index is 12.4. The maximum atomic E-state index is 12.4. The van der Waals surface area contributed by atoms with Crippen molar-refractivity contribution in [3.8, 4) is 5.69 Å². The molecule has 1 aliphatic carbocycles. The van der Waals surface area contributed by atoms with Gasteiger partial charge < -0.3 is 5.32 Å². The molecule has 1 saturated carbocycles. The van der Waals surface area contributed by atoms with Gasteiger partial charge in [0.25, 0.3) is 0 Å². The molecule has 1 N–H and O–H groups in total. The van der Waals surface area contributed by atoms with Crippen molar-refractivity contribution in [3.05, 3.63) is 48.9 Å². The number of anilines is 1. The average molecular weight is 306 g/mol. The molecule has 1 aromatic carbocycles. The Morgan fingerprint density at radius 1 is 1.13 bits per heavy atom. The van der Waals surface area contributed by atoms with Crippen LogP contribution in [0.15, 0.2) is 48.9 Å². The summed E-state index contributed by atoms with van der Waals surface area (Å²) < 4.78 is 1.81. The summed E-state index contributed by atoms with van der Waals surface area (Å²) in [7, 11) is 0. The fourth-order valence-electron chi connectivity index (χ4n) is 3.29. The molecule has 0 radical (unpaired) electrons. The van der Waals surface area contributed by atoms with Crippen LogP contribution in [0.4, 0.5) is 5.69 Å². The molecule has 1 aliphatic rings. The van der Waals surface area contributed by atoms with Gasteiger partial charge in [-0.05, 0) is 43.2 Å². The van der Waals surface area contributed by atoms with E-state index >= 15 is 0 Å². The number of nitrogens with one attached hydrogen (secondary N) is 1. The highest BCUT2D eigenvalue weighted by Gasteiger charge is 2.23. The number of hydrogen-bond acceptors (Lipinski definition) is 3. The van der Waals surface area contributed by atoms with Crippen LogP contribution in [0.25, 0.3) is 16.6 Å². The minimum Gasteiger partial charge on any atom is -0.324 e. The van der Waals surface area contributed by atoms with E-state index in [-0.39, 0.29) is 11.8 Å². The minimum atomic E-state index is 0.112. The Balaban J connectivity index is 1.74. The maximum Gasteiger partial charge on any atom is 0.227 e. The van der Waals surface area contributed by atoms with Crippen molar-refractivity contribution in [1.82, 2.24) is 14.8 Å². The number of nitrogens with zero attached hydrogens (tertiary/aromatic N) is 3. The molecule has 0 spiro atoms. The predicted octanol–water partition coefficient (Wildman–Crippen LogP) is 3.55. The largest absolute Gasteiger partial charge is 0.324 e. The topological polar surface area (TPSA) is 59.8 Å². The van der Waals surface area contributed by atoms with Crippen molar-refractivity contribution in [3.63, 3.8) is 0 Å². The third-order valence-corrected chi connectivity index (χ3v) is 4.48. The Morgan fingerprint density at radius 3 is 2.78 bits per heavy atom. The molecule has 116 valence electrons. The number of hydrogen-bond donors (Lipinski definition) is 1. The van der Waals surface area contributed by atoms with Crippen LogP contribution in [0.2, 0.25) is 0 Å². The second-order valence-corrected chi connectivity index (χ2v) is 5.95. The first kappa shape index (κ1) is 13.9. The highest BCUT2D eigenvalue weighted by molar-refractivity contribution is 6.03. The van der Waals surface area contributed by atoms with Crippen LogP contribution in [0.5, 0.6) is 0 Å². The summed E-state index contributed by atoms with van der Waals surface area (Å²) in [5.41, 5.74) is 2.53. The quantitative estimate of drug-likeness (QED) is 0.805. The second kappa shape index (κ2) is 5.83. The number of amides is 1. The number of fused-ring (bicyclic) bond motifs is 1. The molecule has 0 aliphatic heterocycles. The first-order valence-electron chi connectivity index (χ1n) is 8.01. The van der Waals surface area contributed by atoms with Crippen LogP contribution in [0, 0.1) is 5.92 Å². The van der Waals surface area contributed by atoms with E-state index in [9.17, 15) is 4.79 Å². The lowest BCUT2D eigenvalue weighted by Gasteiger charge is -2.14. The zero-order valence-electron chi connectivity index (χ0n) is 12.8. The fraction of sp³-hybridized carbons (Fsp3) is 0.278. The van der Waals surface area contributed by atoms with E-state index in [4.69, 9.17) is 0 Å². The number of benzene rings is 1. The summed E-state index contributed by atoms with van der Waals surface area (Å²) in [5, 5.41) is 8.33. The summed E-state index contributed by atoms with van der Waals surface area (Å²) in [6.45, 7) is 0. The molecule has 0 bridgehead atoms. The van der Waals surface area contributed by atoms with Gasteiger partial charge in [0, 0.05) is 29.9 Å². The van der Waals surface area contributed by atoms with Gasteiger partial charge in [-0.25, -0.2) is 4.68 Å². The second-order valence-electron chi connectivity index (χ2n) is 5.95. The first-order chi connectivity index (χ1) is 11.3. The number of carbonyl (C=O) groups excluding carboxylic acids is 1. The normalized spacial score (nSPS) is 15.1. The van der Waals surface area contributed by atoms with Crippen LogP contribution >= 0.6 is 0 Å². The molecule has 0 unspecified atom stereocenters. The van der Waals surface area contributed by atoms with Crippen molar-refractivity contribution in [2.45, 2.75) is 25.7 Å². The smallest absolute Gasteiger partial charge is 0.227 e. The van der Waals surface area contributed by atoms with Crippen LogP contribution in [0.1, 0.15) is 25.7 Å². The molecule has 4 rings (SSSR count). The Hall–Kier alpha value is -2.69. The lowest BCUT2D eigenvalue weighted by Crippen LogP contribution is -2.20. The molecule has 1 amide bonds. The first-order valence-corrected chi connectivity index (χ1v) is 8.01. The van der Waals surface area contributed by atoms with E-state index in [0.29, 0.717) is 0 Å². The van der Waals surface area contributed by atoms with Gasteiger partial charge in [0.1, 0.15) is 0 Å². The minimum absolute atomic E-state index is 0.112. The number of rotatable bonds is 3. The molecule has 3 aromatic rings. The van der Waals surface area contributed by atoms with E-state index in [1.54, 1.807) is 12.4 Å². The summed E-state index contributed by atoms with van der Waals surface area (Å²) >= 11 is 0. The highest BCUT2D eigenvalue weighted by atomic mass is 16.1. The number of pyridine rings is 1. The fourth-order valence-corrected chi connectivity index (χ4v) is 3.29. The Morgan fingerprint density at radius 2 is 2.00 bits per heavy atom. The summed E-state index contributed by atoms with van der Waals surface area (Å²) in [5.74, 6) is 0.251. The molecule has 23 heavy (non-hydrogen) atoms. The standard InChI is InChI=1S/C18H18N4O/c23-18(13-5-1-2-6-13)21-15-8-9-16(22-12-4-11-20-22)14-7-3-10-19-17(14)15/h3-4,7-13H,1-2,5-6H2,(H,21,23). The van der Waals surface area contributed by atoms with E-state index in [1.807, 2.05) is 41.2 Å². The zero-order chi connectivity index (χ0) is 15.6. The van der Waals surface area contributed by atoms with Gasteiger partial charge in [0.05, 0.1) is 16.9 Å². The Labute approximate surface area is 134 Å². The SMILES string of the molecule is O=C(Nc1ccc(-n2cccn2)c2cccnc12)C1CCCC1. The van der Waals surface area contributed by atoms with Gasteiger partial charge in [0.2, 0.25) is 5.91 Å². The monoisotopic (exact) mass is 306 g/mol. The van der Waals surface area contributed by atoms with Crippen molar-refractivity contribution >= 4 is 22.5 Å². The number of aromatic nitrogens is 3. The van der Waals surface area contributed by atoms with Gasteiger partial charge in [-0.3, -0.25) is 9.78 Å². The van der Waals surface area contributed by atoms with Crippen molar-refractivity contribution in [2.75, 3.05) is 5.32 Å². The summed E-state index contributed by atoms with van der Waals surface area (Å²) in [6, 6.07) is 9.68. The molecule has 5 heteroatoms. The average Bonchev–Trinajstić information content (AvgIpc) is 3.29. The Bertz CT molecular complexity index is 835. The van der Waals surface area contributed by atoms with Crippen LogP contribution in [-0.4, -0.2) is 20.7 Å². The molecule has 2 aromatic heterocycles. The third kappa shape index (κ3) is 2.59. The molecular weight excluding hydrogens is 288 g/mol. The van der Waals surface area contributed by atoms with E-state index in [2.05, 4.69) is 15.4 Å². The molecule has 1 fully saturated rings. The van der Waals surface area contributed by atoms with E-state index in [0.717, 1.165) is 48.0 Å². The molecule has 0 atom stereocenters. The van der Waals surface area contributed by atoms with Crippen molar-refractivity contribution < 1.29 is 4.79 Å². The van der Waals surface area contributed by atoms with Crippen molar-refractivity contribution in [1.29, 1.82) is 0 Å². The van der Waals surface area contributed by atoms with Crippen LogP contribution < -0.4 is 5.32 Å². The Kier molecular flexibility index (Phi) is 3.54. The lowest BCUT2D eigenvalue weighted by molar-refractivity contribution is -0.119.